The number of para-hydroxylation sites is 1. The number of carbonyl (C=O) groups excluding carboxylic acids is 1. The Balaban J connectivity index is 1.83. The fraction of sp³-hybridized carbons (Fsp3) is 0.250. The summed E-state index contributed by atoms with van der Waals surface area (Å²) in [6, 6.07) is 9.65. The topological polar surface area (TPSA) is 93.8 Å². The largest absolute Gasteiger partial charge is 0.374 e. The normalized spacial score (nSPS) is 12.2. The second kappa shape index (κ2) is 7.14. The van der Waals surface area contributed by atoms with E-state index in [2.05, 4.69) is 20.5 Å². The van der Waals surface area contributed by atoms with Crippen molar-refractivity contribution in [1.82, 2.24) is 15.2 Å². The molecule has 0 saturated heterocycles. The molecule has 1 atom stereocenters. The Hall–Kier alpha value is -2.19. The Labute approximate surface area is 147 Å². The maximum Gasteiger partial charge on any atom is 0.237 e. The van der Waals surface area contributed by atoms with Gasteiger partial charge < -0.3 is 11.1 Å². The highest BCUT2D eigenvalue weighted by Crippen LogP contribution is 2.30. The second-order valence-corrected chi connectivity index (χ2v) is 7.70. The number of nitrogens with zero attached hydrogens (tertiary/aromatic N) is 3. The van der Waals surface area contributed by atoms with Gasteiger partial charge in [0.25, 0.3) is 0 Å². The maximum absolute atomic E-state index is 12.7. The number of anilines is 2. The second-order valence-electron chi connectivity index (χ2n) is 5.24. The number of rotatable bonds is 5. The summed E-state index contributed by atoms with van der Waals surface area (Å²) in [4.78, 5) is 17.2. The van der Waals surface area contributed by atoms with E-state index in [-0.39, 0.29) is 11.2 Å². The highest BCUT2D eigenvalue weighted by atomic mass is 32.2. The summed E-state index contributed by atoms with van der Waals surface area (Å²) in [6.07, 6.45) is 0.679. The number of nitrogen functional groups attached to an aromatic ring is 1. The van der Waals surface area contributed by atoms with Crippen LogP contribution in [0.5, 0.6) is 0 Å². The first kappa shape index (κ1) is 16.7. The molecule has 2 aromatic heterocycles. The van der Waals surface area contributed by atoms with Gasteiger partial charge in [-0.05, 0) is 25.5 Å². The lowest BCUT2D eigenvalue weighted by atomic mass is 10.1. The van der Waals surface area contributed by atoms with E-state index in [0.717, 1.165) is 22.3 Å². The molecule has 2 heterocycles. The summed E-state index contributed by atoms with van der Waals surface area (Å²) >= 11 is 2.67. The molecule has 0 aliphatic rings. The number of benzene rings is 1. The van der Waals surface area contributed by atoms with Gasteiger partial charge in [-0.2, -0.15) is 0 Å². The molecule has 1 amide bonds. The zero-order chi connectivity index (χ0) is 17.1. The molecule has 3 aromatic rings. The van der Waals surface area contributed by atoms with Crippen molar-refractivity contribution in [3.63, 3.8) is 0 Å². The molecule has 0 aliphatic heterocycles. The Morgan fingerprint density at radius 3 is 2.88 bits per heavy atom. The standard InChI is InChI=1S/C16H17N5OS2/c1-3-13(23-16-21-20-15(17)24-16)14(22)19-12-8-9(2)18-11-7-5-4-6-10(11)12/h4-8,13H,3H2,1-2H3,(H2,17,20)(H,18,19,22). The van der Waals surface area contributed by atoms with Gasteiger partial charge in [-0.1, -0.05) is 48.2 Å². The number of pyridine rings is 1. The van der Waals surface area contributed by atoms with E-state index in [1.165, 1.54) is 23.1 Å². The van der Waals surface area contributed by atoms with Crippen molar-refractivity contribution in [1.29, 1.82) is 0 Å². The number of hydrogen-bond donors (Lipinski definition) is 2. The van der Waals surface area contributed by atoms with E-state index in [0.29, 0.717) is 15.9 Å². The predicted octanol–water partition coefficient (Wildman–Crippen LogP) is 3.49. The smallest absolute Gasteiger partial charge is 0.237 e. The third kappa shape index (κ3) is 3.65. The number of fused-ring (bicyclic) bond motifs is 1. The number of thioether (sulfide) groups is 1. The highest BCUT2D eigenvalue weighted by Gasteiger charge is 2.21. The van der Waals surface area contributed by atoms with E-state index in [9.17, 15) is 4.79 Å². The summed E-state index contributed by atoms with van der Waals surface area (Å²) in [5.41, 5.74) is 8.10. The number of aromatic nitrogens is 3. The minimum atomic E-state index is -0.260. The zero-order valence-electron chi connectivity index (χ0n) is 13.3. The van der Waals surface area contributed by atoms with Crippen molar-refractivity contribution in [3.05, 3.63) is 36.0 Å². The van der Waals surface area contributed by atoms with Gasteiger partial charge >= 0.3 is 0 Å². The molecular formula is C16H17N5OS2. The molecule has 3 rings (SSSR count). The van der Waals surface area contributed by atoms with E-state index in [1.54, 1.807) is 0 Å². The maximum atomic E-state index is 12.7. The minimum absolute atomic E-state index is 0.0629. The molecule has 24 heavy (non-hydrogen) atoms. The Morgan fingerprint density at radius 2 is 2.17 bits per heavy atom. The van der Waals surface area contributed by atoms with Crippen LogP contribution in [0.1, 0.15) is 19.0 Å². The van der Waals surface area contributed by atoms with Crippen molar-refractivity contribution in [2.24, 2.45) is 0 Å². The van der Waals surface area contributed by atoms with Crippen LogP contribution in [0.3, 0.4) is 0 Å². The minimum Gasteiger partial charge on any atom is -0.374 e. The van der Waals surface area contributed by atoms with E-state index in [1.807, 2.05) is 44.2 Å². The Bertz CT molecular complexity index is 880. The van der Waals surface area contributed by atoms with Crippen LogP contribution < -0.4 is 11.1 Å². The molecule has 0 aliphatic carbocycles. The average molecular weight is 359 g/mol. The molecule has 8 heteroatoms. The molecule has 0 radical (unpaired) electrons. The van der Waals surface area contributed by atoms with Crippen LogP contribution in [0.4, 0.5) is 10.8 Å². The van der Waals surface area contributed by atoms with Gasteiger partial charge in [0, 0.05) is 11.1 Å². The molecule has 124 valence electrons. The third-order valence-electron chi connectivity index (χ3n) is 3.43. The molecule has 3 N–H and O–H groups in total. The number of hydrogen-bond acceptors (Lipinski definition) is 7. The third-order valence-corrected chi connectivity index (χ3v) is 5.63. The van der Waals surface area contributed by atoms with Crippen molar-refractivity contribution >= 4 is 50.7 Å². The summed E-state index contributed by atoms with van der Waals surface area (Å²) in [5, 5.41) is 11.9. The summed E-state index contributed by atoms with van der Waals surface area (Å²) in [6.45, 7) is 3.88. The van der Waals surface area contributed by atoms with Crippen LogP contribution >= 0.6 is 23.1 Å². The number of aryl methyl sites for hydroxylation is 1. The molecule has 0 bridgehead atoms. The SMILES string of the molecule is CCC(Sc1nnc(N)s1)C(=O)Nc1cc(C)nc2ccccc12. The first-order chi connectivity index (χ1) is 11.6. The van der Waals surface area contributed by atoms with Crippen LogP contribution in [-0.2, 0) is 4.79 Å². The average Bonchev–Trinajstić information content (AvgIpc) is 2.97. The van der Waals surface area contributed by atoms with Gasteiger partial charge in [-0.25, -0.2) is 0 Å². The van der Waals surface area contributed by atoms with Crippen LogP contribution in [0.15, 0.2) is 34.7 Å². The zero-order valence-corrected chi connectivity index (χ0v) is 14.9. The number of nitrogens with one attached hydrogen (secondary N) is 1. The first-order valence-corrected chi connectivity index (χ1v) is 9.19. The van der Waals surface area contributed by atoms with Gasteiger partial charge in [-0.15, -0.1) is 10.2 Å². The van der Waals surface area contributed by atoms with Gasteiger partial charge in [0.05, 0.1) is 16.5 Å². The lowest BCUT2D eigenvalue weighted by molar-refractivity contribution is -0.115. The van der Waals surface area contributed by atoms with Crippen LogP contribution in [-0.4, -0.2) is 26.3 Å². The molecule has 1 unspecified atom stereocenters. The van der Waals surface area contributed by atoms with Gasteiger partial charge in [0.1, 0.15) is 0 Å². The van der Waals surface area contributed by atoms with Crippen LogP contribution in [0.25, 0.3) is 10.9 Å². The molecule has 0 spiro atoms. The van der Waals surface area contributed by atoms with Crippen molar-refractivity contribution in [2.45, 2.75) is 29.9 Å². The summed E-state index contributed by atoms with van der Waals surface area (Å²) in [5.74, 6) is -0.0629. The monoisotopic (exact) mass is 359 g/mol. The van der Waals surface area contributed by atoms with Gasteiger partial charge in [0.15, 0.2) is 4.34 Å². The first-order valence-electron chi connectivity index (χ1n) is 7.49. The van der Waals surface area contributed by atoms with E-state index < -0.39 is 0 Å². The summed E-state index contributed by atoms with van der Waals surface area (Å²) in [7, 11) is 0. The highest BCUT2D eigenvalue weighted by molar-refractivity contribution is 8.02. The fourth-order valence-corrected chi connectivity index (χ4v) is 4.14. The lowest BCUT2D eigenvalue weighted by Gasteiger charge is -2.15. The molecular weight excluding hydrogens is 342 g/mol. The number of carbonyl (C=O) groups is 1. The van der Waals surface area contributed by atoms with Crippen molar-refractivity contribution < 1.29 is 4.79 Å². The Morgan fingerprint density at radius 1 is 1.38 bits per heavy atom. The summed E-state index contributed by atoms with van der Waals surface area (Å²) < 4.78 is 0.699. The van der Waals surface area contributed by atoms with Gasteiger partial charge in [0.2, 0.25) is 11.0 Å². The quantitative estimate of drug-likeness (QED) is 0.677. The van der Waals surface area contributed by atoms with Crippen LogP contribution in [0, 0.1) is 6.92 Å². The lowest BCUT2D eigenvalue weighted by Crippen LogP contribution is -2.24. The predicted molar refractivity (Wildman–Crippen MR) is 99.4 cm³/mol. The fourth-order valence-electron chi connectivity index (χ4n) is 2.34. The van der Waals surface area contributed by atoms with Crippen molar-refractivity contribution in [2.75, 3.05) is 11.1 Å². The van der Waals surface area contributed by atoms with E-state index in [4.69, 9.17) is 5.73 Å². The van der Waals surface area contributed by atoms with Crippen LogP contribution in [0.2, 0.25) is 0 Å². The number of amides is 1. The molecule has 6 nitrogen and oxygen atoms in total. The van der Waals surface area contributed by atoms with Gasteiger partial charge in [-0.3, -0.25) is 9.78 Å². The molecule has 1 aromatic carbocycles. The van der Waals surface area contributed by atoms with E-state index >= 15 is 0 Å². The molecule has 0 fully saturated rings. The Kier molecular flexibility index (Phi) is 4.96. The molecule has 0 saturated carbocycles. The number of nitrogens with two attached hydrogens (primary N) is 1. The van der Waals surface area contributed by atoms with Crippen molar-refractivity contribution in [3.8, 4) is 0 Å².